The Balaban J connectivity index is -0.000000362. The van der Waals surface area contributed by atoms with Crippen LogP contribution in [0.2, 0.25) is 0 Å². The Labute approximate surface area is 276 Å². The van der Waals surface area contributed by atoms with Crippen molar-refractivity contribution in [3.8, 4) is 0 Å². The summed E-state index contributed by atoms with van der Waals surface area (Å²) in [5.74, 6) is 0.180. The number of hydrogen-bond acceptors (Lipinski definition) is 8. The van der Waals surface area contributed by atoms with Crippen molar-refractivity contribution in [2.75, 3.05) is 25.0 Å². The van der Waals surface area contributed by atoms with Gasteiger partial charge in [0.25, 0.3) is 6.47 Å². The first-order valence-corrected chi connectivity index (χ1v) is 15.6. The molecule has 16 heteroatoms. The van der Waals surface area contributed by atoms with E-state index in [0.717, 1.165) is 16.9 Å². The van der Waals surface area contributed by atoms with Crippen molar-refractivity contribution < 1.29 is 38.6 Å². The number of rotatable bonds is 14. The van der Waals surface area contributed by atoms with Gasteiger partial charge in [-0.25, -0.2) is 9.59 Å². The number of carbonyl (C=O) groups excluding carboxylic acids is 5. The molecule has 14 nitrogen and oxygen atoms in total. The van der Waals surface area contributed by atoms with E-state index in [2.05, 4.69) is 35.1 Å². The zero-order chi connectivity index (χ0) is 35.8. The molecule has 2 rings (SSSR count). The molecule has 47 heavy (non-hydrogen) atoms. The van der Waals surface area contributed by atoms with Crippen LogP contribution in [-0.4, -0.2) is 73.0 Å². The standard InChI is InChI=1S/C18H21N3O4S.C6H12NO.C4H10N2O.C2H6.CH2O2.Fm/c1-2-21(11-16-4-3-9-26-16)18(24)25-12-14-5-7-15(8-6-14)20-17(23)10-19-13-22;1-5(2)6(3)7-4-8;1-2-3-6-4(5)7;1-2;2-1-3;/h3-9,13H,2,10-12H2,1H3,(H,19,22)(H,20,23);5-6H,1-3H3,(H,7,8);2-3H2,1H3,(H3,5,6,7);1-2H3;1H,(H,2,3);/q;-1;;;;. The summed E-state index contributed by atoms with van der Waals surface area (Å²) in [6.45, 7) is 15.5. The normalized spacial score (nSPS) is 9.45. The van der Waals surface area contributed by atoms with Gasteiger partial charge in [0.2, 0.25) is 12.3 Å². The first-order valence-electron chi connectivity index (χ1n) is 14.7. The van der Waals surface area contributed by atoms with Crippen LogP contribution < -0.4 is 27.0 Å². The van der Waals surface area contributed by atoms with Crippen LogP contribution in [0.5, 0.6) is 0 Å². The van der Waals surface area contributed by atoms with Crippen LogP contribution in [-0.2, 0) is 37.1 Å². The minimum atomic E-state index is -0.443. The van der Waals surface area contributed by atoms with Crippen LogP contribution >= 0.6 is 11.3 Å². The molecule has 1 aromatic heterocycles. The molecule has 6 amide bonds. The Morgan fingerprint density at radius 1 is 1.09 bits per heavy atom. The fraction of sp³-hybridized carbons (Fsp3) is 0.484. The first-order chi connectivity index (χ1) is 22.0. The predicted octanol–water partition coefficient (Wildman–Crippen LogP) is 4.07. The molecule has 0 radical (unpaired) electrons. The number of benzene rings is 1. The maximum Gasteiger partial charge on any atom is 0.410 e. The van der Waals surface area contributed by atoms with Gasteiger partial charge in [0.05, 0.1) is 13.1 Å². The SMILES string of the molecule is CC.CC(C)C(C)N[C-]=O.CCCNC(N)=O.CCN(Cc1cccs1)C(=O)OCc1ccc(NC(=O)CNC=O)cc1.O=CO.[Fm]. The minimum Gasteiger partial charge on any atom is -0.527 e. The average molecular weight is 925 g/mol. The van der Waals surface area contributed by atoms with Gasteiger partial charge in [-0.15, -0.1) is 11.3 Å². The second-order valence-corrected chi connectivity index (χ2v) is 10.1. The molecule has 272 valence electrons. The van der Waals surface area contributed by atoms with E-state index in [1.54, 1.807) is 46.9 Å². The Hall–Kier alpha value is -5.66. The van der Waals surface area contributed by atoms with Crippen LogP contribution in [0.4, 0.5) is 15.3 Å². The molecule has 0 aliphatic carbocycles. The number of amides is 6. The third-order valence-corrected chi connectivity index (χ3v) is 6.21. The second kappa shape index (κ2) is 33.2. The third kappa shape index (κ3) is 28.8. The number of hydrogen-bond donors (Lipinski definition) is 6. The molecule has 0 aliphatic heterocycles. The van der Waals surface area contributed by atoms with E-state index in [-0.39, 0.29) is 37.7 Å². The van der Waals surface area contributed by atoms with Crippen molar-refractivity contribution in [2.45, 2.75) is 74.1 Å². The van der Waals surface area contributed by atoms with E-state index in [4.69, 9.17) is 20.4 Å². The van der Waals surface area contributed by atoms with E-state index in [9.17, 15) is 24.0 Å². The second-order valence-electron chi connectivity index (χ2n) is 9.07. The smallest absolute Gasteiger partial charge is 0.410 e. The van der Waals surface area contributed by atoms with E-state index >= 15 is 0 Å². The summed E-state index contributed by atoms with van der Waals surface area (Å²) in [5.41, 5.74) is 6.15. The number of primary amides is 1. The maximum atomic E-state index is 12.2. The minimum absolute atomic E-state index is 0. The van der Waals surface area contributed by atoms with Gasteiger partial charge in [-0.2, -0.15) is 6.41 Å². The number of nitrogens with one attached hydrogen (secondary N) is 4. The van der Waals surface area contributed by atoms with Crippen molar-refractivity contribution in [1.82, 2.24) is 20.9 Å². The van der Waals surface area contributed by atoms with Gasteiger partial charge in [0.15, 0.2) is 0 Å². The molecule has 1 atom stereocenters. The molecular weight excluding hydrogens is 873 g/mol. The number of anilines is 1. The summed E-state index contributed by atoms with van der Waals surface area (Å²) in [5, 5.41) is 18.8. The molecule has 0 spiro atoms. The van der Waals surface area contributed by atoms with Gasteiger partial charge in [0.1, 0.15) is 6.61 Å². The summed E-state index contributed by atoms with van der Waals surface area (Å²) in [6, 6.07) is 10.7. The zero-order valence-electron chi connectivity index (χ0n) is 28.1. The van der Waals surface area contributed by atoms with Gasteiger partial charge < -0.3 is 46.5 Å². The van der Waals surface area contributed by atoms with Gasteiger partial charge >= 0.3 is 12.1 Å². The molecule has 1 unspecified atom stereocenters. The van der Waals surface area contributed by atoms with Crippen LogP contribution in [0.25, 0.3) is 0 Å². The number of thiophene rings is 1. The fourth-order valence-electron chi connectivity index (χ4n) is 2.66. The molecule has 0 saturated carbocycles. The largest absolute Gasteiger partial charge is 0.527 e. The molecule has 0 aliphatic rings. The van der Waals surface area contributed by atoms with Crippen molar-refractivity contribution in [3.05, 3.63) is 52.2 Å². The summed E-state index contributed by atoms with van der Waals surface area (Å²) in [4.78, 5) is 64.5. The monoisotopic (exact) mass is 924 g/mol. The molecule has 0 fully saturated rings. The fourth-order valence-corrected chi connectivity index (χ4v) is 3.38. The quantitative estimate of drug-likeness (QED) is 0.0923. The van der Waals surface area contributed by atoms with Crippen LogP contribution in [0, 0.1) is 5.92 Å². The Morgan fingerprint density at radius 2 is 1.68 bits per heavy atom. The number of ether oxygens (including phenoxy) is 1. The Bertz CT molecular complexity index is 1080. The van der Waals surface area contributed by atoms with Crippen LogP contribution in [0.15, 0.2) is 41.8 Å². The Morgan fingerprint density at radius 3 is 2.06 bits per heavy atom. The molecular formula is C31H51FmN6O8S-. The molecule has 2 aromatic rings. The Kier molecular flexibility index (Phi) is 34.1. The number of carboxylic acid groups (broad SMARTS) is 1. The van der Waals surface area contributed by atoms with Gasteiger partial charge in [-0.05, 0) is 61.4 Å². The number of nitrogens with zero attached hydrogens (tertiary/aromatic N) is 1. The predicted molar refractivity (Wildman–Crippen MR) is 181 cm³/mol. The molecule has 1 heterocycles. The summed E-state index contributed by atoms with van der Waals surface area (Å²) < 4.78 is 5.36. The number of nitrogens with two attached hydrogens (primary N) is 1. The topological polar surface area (TPSA) is 209 Å². The van der Waals surface area contributed by atoms with E-state index in [1.807, 2.05) is 52.1 Å². The molecule has 0 bridgehead atoms. The first kappa shape index (κ1) is 48.2. The maximum absolute atomic E-state index is 12.2. The van der Waals surface area contributed by atoms with Crippen molar-refractivity contribution in [3.63, 3.8) is 0 Å². The number of carbonyl (C=O) groups is 5. The number of urea groups is 1. The molecule has 7 N–H and O–H groups in total. The van der Waals surface area contributed by atoms with Crippen molar-refractivity contribution in [1.29, 1.82) is 0 Å². The summed E-state index contributed by atoms with van der Waals surface area (Å²) in [7, 11) is 0. The van der Waals surface area contributed by atoms with Crippen molar-refractivity contribution in [2.24, 2.45) is 11.7 Å². The average Bonchev–Trinajstić information content (AvgIpc) is 3.56. The third-order valence-electron chi connectivity index (χ3n) is 5.35. The van der Waals surface area contributed by atoms with Gasteiger partial charge in [-0.3, -0.25) is 14.4 Å². The van der Waals surface area contributed by atoms with E-state index in [1.165, 1.54) is 0 Å². The van der Waals surface area contributed by atoms with E-state index < -0.39 is 6.03 Å². The molecule has 1 aromatic carbocycles. The zero-order valence-corrected chi connectivity index (χ0v) is 31.3. The van der Waals surface area contributed by atoms with Crippen LogP contribution in [0.3, 0.4) is 0 Å². The van der Waals surface area contributed by atoms with Crippen LogP contribution in [0.1, 0.15) is 65.3 Å². The summed E-state index contributed by atoms with van der Waals surface area (Å²) in [6.07, 6.45) is 2.69. The summed E-state index contributed by atoms with van der Waals surface area (Å²) >= 11 is 1.60. The molecule has 0 saturated heterocycles. The van der Waals surface area contributed by atoms with Gasteiger partial charge in [0, 0.05) is 23.7 Å². The van der Waals surface area contributed by atoms with E-state index in [0.29, 0.717) is 37.6 Å². The van der Waals surface area contributed by atoms with Crippen molar-refractivity contribution >= 4 is 54.3 Å². The van der Waals surface area contributed by atoms with Gasteiger partial charge in [-0.1, -0.05) is 52.8 Å².